The molecule has 6 heteroatoms. The highest BCUT2D eigenvalue weighted by atomic mass is 32.1. The summed E-state index contributed by atoms with van der Waals surface area (Å²) in [6.45, 7) is 4.04. The number of benzene rings is 1. The van der Waals surface area contributed by atoms with E-state index in [0.717, 1.165) is 5.69 Å². The van der Waals surface area contributed by atoms with Crippen LogP contribution in [0.4, 0.5) is 0 Å². The fraction of sp³-hybridized carbons (Fsp3) is 0.188. The number of carbonyl (C=O) groups excluding carboxylic acids is 1. The summed E-state index contributed by atoms with van der Waals surface area (Å²) in [5.74, 6) is -0.951. The minimum Gasteiger partial charge on any atom is -0.478 e. The number of nitrogens with one attached hydrogen (secondary N) is 1. The molecule has 0 saturated heterocycles. The molecule has 112 valence electrons. The fourth-order valence-electron chi connectivity index (χ4n) is 2.29. The predicted molar refractivity (Wildman–Crippen MR) is 84.9 cm³/mol. The Hall–Kier alpha value is -2.47. The zero-order valence-electron chi connectivity index (χ0n) is 12.1. The number of aromatic carboxylic acids is 1. The molecule has 5 nitrogen and oxygen atoms in total. The highest BCUT2D eigenvalue weighted by Gasteiger charge is 2.20. The van der Waals surface area contributed by atoms with E-state index in [4.69, 9.17) is 0 Å². The SMILES string of the molecule is CC(C)c1csc(C(=O)c2c[nH]c3c(C(=O)O)cccc23)n1. The quantitative estimate of drug-likeness (QED) is 0.720. The molecule has 2 heterocycles. The van der Waals surface area contributed by atoms with Crippen molar-refractivity contribution in [3.8, 4) is 0 Å². The summed E-state index contributed by atoms with van der Waals surface area (Å²) in [6, 6.07) is 4.88. The van der Waals surface area contributed by atoms with Crippen molar-refractivity contribution in [1.29, 1.82) is 0 Å². The van der Waals surface area contributed by atoms with Crippen molar-refractivity contribution in [3.05, 3.63) is 51.6 Å². The number of H-pyrrole nitrogens is 1. The molecule has 22 heavy (non-hydrogen) atoms. The van der Waals surface area contributed by atoms with Gasteiger partial charge in [0.2, 0.25) is 5.78 Å². The van der Waals surface area contributed by atoms with Crippen molar-refractivity contribution in [3.63, 3.8) is 0 Å². The van der Waals surface area contributed by atoms with Crippen LogP contribution in [0.3, 0.4) is 0 Å². The number of ketones is 1. The molecule has 1 aromatic carbocycles. The molecule has 2 aromatic heterocycles. The van der Waals surface area contributed by atoms with E-state index in [2.05, 4.69) is 9.97 Å². The fourth-order valence-corrected chi connectivity index (χ4v) is 3.22. The number of para-hydroxylation sites is 1. The van der Waals surface area contributed by atoms with Crippen molar-refractivity contribution in [2.24, 2.45) is 0 Å². The Bertz CT molecular complexity index is 877. The maximum atomic E-state index is 12.6. The van der Waals surface area contributed by atoms with Crippen LogP contribution < -0.4 is 0 Å². The Kier molecular flexibility index (Phi) is 3.54. The summed E-state index contributed by atoms with van der Waals surface area (Å²) in [5.41, 5.74) is 1.94. The number of thiazole rings is 1. The normalized spacial score (nSPS) is 11.2. The van der Waals surface area contributed by atoms with Gasteiger partial charge in [-0.2, -0.15) is 0 Å². The zero-order chi connectivity index (χ0) is 15.9. The number of fused-ring (bicyclic) bond motifs is 1. The molecule has 0 saturated carbocycles. The topological polar surface area (TPSA) is 83.0 Å². The van der Waals surface area contributed by atoms with Crippen molar-refractivity contribution in [2.45, 2.75) is 19.8 Å². The second-order valence-electron chi connectivity index (χ2n) is 5.30. The van der Waals surface area contributed by atoms with Gasteiger partial charge in [-0.3, -0.25) is 4.79 Å². The van der Waals surface area contributed by atoms with Crippen LogP contribution in [0.25, 0.3) is 10.9 Å². The first kappa shape index (κ1) is 14.5. The van der Waals surface area contributed by atoms with Crippen LogP contribution in [0.15, 0.2) is 29.8 Å². The van der Waals surface area contributed by atoms with Gasteiger partial charge in [0.15, 0.2) is 5.01 Å². The third kappa shape index (κ3) is 2.31. The summed E-state index contributed by atoms with van der Waals surface area (Å²) in [4.78, 5) is 31.1. The first-order valence-electron chi connectivity index (χ1n) is 6.82. The second kappa shape index (κ2) is 5.38. The highest BCUT2D eigenvalue weighted by molar-refractivity contribution is 7.12. The van der Waals surface area contributed by atoms with Crippen molar-refractivity contribution in [2.75, 3.05) is 0 Å². The molecule has 0 spiro atoms. The van der Waals surface area contributed by atoms with Crippen LogP contribution in [-0.2, 0) is 0 Å². The largest absolute Gasteiger partial charge is 0.478 e. The molecule has 0 aliphatic carbocycles. The Morgan fingerprint density at radius 3 is 2.68 bits per heavy atom. The standard InChI is InChI=1S/C16H14N2O3S/c1-8(2)12-7-22-15(18-12)14(19)11-6-17-13-9(11)4-3-5-10(13)16(20)21/h3-8,17H,1-2H3,(H,20,21). The van der Waals surface area contributed by atoms with Gasteiger partial charge in [0.1, 0.15) is 0 Å². The molecule has 2 N–H and O–H groups in total. The smallest absolute Gasteiger partial charge is 0.337 e. The number of carboxylic acids is 1. The molecule has 0 aliphatic rings. The maximum Gasteiger partial charge on any atom is 0.337 e. The van der Waals surface area contributed by atoms with E-state index in [0.29, 0.717) is 21.5 Å². The first-order chi connectivity index (χ1) is 10.5. The number of aromatic nitrogens is 2. The van der Waals surface area contributed by atoms with Gasteiger partial charge in [0.05, 0.1) is 22.3 Å². The van der Waals surface area contributed by atoms with Crippen molar-refractivity contribution >= 4 is 34.0 Å². The molecule has 0 unspecified atom stereocenters. The van der Waals surface area contributed by atoms with Gasteiger partial charge in [0.25, 0.3) is 0 Å². The van der Waals surface area contributed by atoms with Crippen LogP contribution >= 0.6 is 11.3 Å². The summed E-state index contributed by atoms with van der Waals surface area (Å²) < 4.78 is 0. The minimum atomic E-state index is -1.03. The van der Waals surface area contributed by atoms with Gasteiger partial charge in [-0.25, -0.2) is 9.78 Å². The lowest BCUT2D eigenvalue weighted by atomic mass is 10.1. The van der Waals surface area contributed by atoms with E-state index < -0.39 is 5.97 Å². The van der Waals surface area contributed by atoms with Gasteiger partial charge >= 0.3 is 5.97 Å². The monoisotopic (exact) mass is 314 g/mol. The summed E-state index contributed by atoms with van der Waals surface area (Å²) >= 11 is 1.31. The Labute approximate surface area is 130 Å². The molecule has 0 amide bonds. The van der Waals surface area contributed by atoms with Crippen molar-refractivity contribution < 1.29 is 14.7 Å². The summed E-state index contributed by atoms with van der Waals surface area (Å²) in [6.07, 6.45) is 1.55. The first-order valence-corrected chi connectivity index (χ1v) is 7.70. The van der Waals surface area contributed by atoms with E-state index in [9.17, 15) is 14.7 Å². The Morgan fingerprint density at radius 2 is 2.05 bits per heavy atom. The number of carbonyl (C=O) groups is 2. The molecule has 3 rings (SSSR count). The molecule has 3 aromatic rings. The second-order valence-corrected chi connectivity index (χ2v) is 6.16. The van der Waals surface area contributed by atoms with Gasteiger partial charge < -0.3 is 10.1 Å². The minimum absolute atomic E-state index is 0.151. The number of nitrogens with zero attached hydrogens (tertiary/aromatic N) is 1. The summed E-state index contributed by atoms with van der Waals surface area (Å²) in [7, 11) is 0. The van der Waals surface area contributed by atoms with Gasteiger partial charge in [-0.15, -0.1) is 11.3 Å². The zero-order valence-corrected chi connectivity index (χ0v) is 12.9. The number of carboxylic acid groups (broad SMARTS) is 1. The van der Waals surface area contributed by atoms with Gasteiger partial charge in [-0.1, -0.05) is 26.0 Å². The average Bonchev–Trinajstić information content (AvgIpc) is 3.13. The number of aromatic amines is 1. The maximum absolute atomic E-state index is 12.6. The third-order valence-corrected chi connectivity index (χ3v) is 4.36. The van der Waals surface area contributed by atoms with Crippen LogP contribution in [0.2, 0.25) is 0 Å². The van der Waals surface area contributed by atoms with Crippen molar-refractivity contribution in [1.82, 2.24) is 9.97 Å². The van der Waals surface area contributed by atoms with Crippen LogP contribution in [0, 0.1) is 0 Å². The average molecular weight is 314 g/mol. The molecule has 0 radical (unpaired) electrons. The number of hydrogen-bond donors (Lipinski definition) is 2. The highest BCUT2D eigenvalue weighted by Crippen LogP contribution is 2.26. The number of hydrogen-bond acceptors (Lipinski definition) is 4. The Morgan fingerprint density at radius 1 is 1.27 bits per heavy atom. The van der Waals surface area contributed by atoms with Crippen LogP contribution in [-0.4, -0.2) is 26.8 Å². The van der Waals surface area contributed by atoms with Gasteiger partial charge in [0, 0.05) is 17.0 Å². The number of rotatable bonds is 4. The van der Waals surface area contributed by atoms with E-state index in [1.807, 2.05) is 19.2 Å². The van der Waals surface area contributed by atoms with E-state index in [1.165, 1.54) is 17.4 Å². The molecule has 0 atom stereocenters. The lowest BCUT2D eigenvalue weighted by Gasteiger charge is -1.99. The summed E-state index contributed by atoms with van der Waals surface area (Å²) in [5, 5.41) is 12.1. The van der Waals surface area contributed by atoms with Crippen LogP contribution in [0.1, 0.15) is 51.2 Å². The van der Waals surface area contributed by atoms with E-state index >= 15 is 0 Å². The molecular formula is C16H14N2O3S. The van der Waals surface area contributed by atoms with E-state index in [-0.39, 0.29) is 17.3 Å². The predicted octanol–water partition coefficient (Wildman–Crippen LogP) is 3.68. The Balaban J connectivity index is 2.08. The molecule has 0 fully saturated rings. The van der Waals surface area contributed by atoms with Crippen LogP contribution in [0.5, 0.6) is 0 Å². The molecular weight excluding hydrogens is 300 g/mol. The lowest BCUT2D eigenvalue weighted by Crippen LogP contribution is -2.01. The lowest BCUT2D eigenvalue weighted by molar-refractivity contribution is 0.0698. The molecule has 0 aliphatic heterocycles. The third-order valence-electron chi connectivity index (χ3n) is 3.50. The van der Waals surface area contributed by atoms with E-state index in [1.54, 1.807) is 18.3 Å². The molecule has 0 bridgehead atoms. The van der Waals surface area contributed by atoms with Gasteiger partial charge in [-0.05, 0) is 12.0 Å².